The van der Waals surface area contributed by atoms with Crippen LogP contribution in [0.5, 0.6) is 0 Å². The lowest BCUT2D eigenvalue weighted by Crippen LogP contribution is -2.49. The number of piperidine rings is 1. The van der Waals surface area contributed by atoms with E-state index >= 15 is 0 Å². The smallest absolute Gasteiger partial charge is 0.191 e. The summed E-state index contributed by atoms with van der Waals surface area (Å²) in [6.45, 7) is 9.56. The van der Waals surface area contributed by atoms with Crippen molar-refractivity contribution in [3.63, 3.8) is 0 Å². The van der Waals surface area contributed by atoms with Gasteiger partial charge in [-0.25, -0.2) is 0 Å². The summed E-state index contributed by atoms with van der Waals surface area (Å²) < 4.78 is 5.14. The minimum absolute atomic E-state index is 0. The maximum Gasteiger partial charge on any atom is 0.191 e. The van der Waals surface area contributed by atoms with Crippen molar-refractivity contribution < 1.29 is 4.74 Å². The van der Waals surface area contributed by atoms with Crippen molar-refractivity contribution in [2.75, 3.05) is 46.9 Å². The van der Waals surface area contributed by atoms with E-state index in [-0.39, 0.29) is 24.0 Å². The lowest BCUT2D eigenvalue weighted by Gasteiger charge is -2.33. The molecule has 1 aromatic rings. The van der Waals surface area contributed by atoms with Crippen LogP contribution >= 0.6 is 24.0 Å². The topological polar surface area (TPSA) is 48.9 Å². The normalized spacial score (nSPS) is 17.3. The van der Waals surface area contributed by atoms with Crippen LogP contribution in [0, 0.1) is 6.92 Å². The van der Waals surface area contributed by atoms with Gasteiger partial charge in [0.25, 0.3) is 0 Å². The molecule has 1 heterocycles. The number of aryl methyl sites for hydroxylation is 1. The van der Waals surface area contributed by atoms with Crippen LogP contribution in [0.15, 0.2) is 29.3 Å². The Morgan fingerprint density at radius 3 is 2.52 bits per heavy atom. The molecular formula is C21H37IN4O. The van der Waals surface area contributed by atoms with Crippen LogP contribution < -0.4 is 10.6 Å². The lowest BCUT2D eigenvalue weighted by atomic mass is 10.00. The Morgan fingerprint density at radius 2 is 1.93 bits per heavy atom. The van der Waals surface area contributed by atoms with Gasteiger partial charge >= 0.3 is 0 Å². The number of aliphatic imine (C=N–C) groups is 1. The van der Waals surface area contributed by atoms with Crippen molar-refractivity contribution in [2.45, 2.75) is 45.1 Å². The SMILES string of the molecule is CN=C(NCC(C)c1ccc(C)cc1)NC1CCN(CCCOC)CC1.I. The molecule has 154 valence electrons. The van der Waals surface area contributed by atoms with Gasteiger partial charge in [-0.05, 0) is 37.7 Å². The molecule has 27 heavy (non-hydrogen) atoms. The Hall–Kier alpha value is -0.860. The number of guanidine groups is 1. The van der Waals surface area contributed by atoms with E-state index < -0.39 is 0 Å². The summed E-state index contributed by atoms with van der Waals surface area (Å²) in [4.78, 5) is 6.94. The fourth-order valence-electron chi connectivity index (χ4n) is 3.38. The van der Waals surface area contributed by atoms with Crippen LogP contribution in [0.2, 0.25) is 0 Å². The molecule has 1 aliphatic rings. The number of nitrogens with one attached hydrogen (secondary N) is 2. The van der Waals surface area contributed by atoms with E-state index in [0.29, 0.717) is 12.0 Å². The molecule has 1 atom stereocenters. The van der Waals surface area contributed by atoms with Crippen molar-refractivity contribution in [3.05, 3.63) is 35.4 Å². The second-order valence-corrected chi connectivity index (χ2v) is 7.37. The van der Waals surface area contributed by atoms with Gasteiger partial charge in [-0.15, -0.1) is 24.0 Å². The Labute approximate surface area is 182 Å². The van der Waals surface area contributed by atoms with Gasteiger partial charge in [-0.1, -0.05) is 36.8 Å². The molecule has 1 fully saturated rings. The molecule has 0 aliphatic carbocycles. The molecule has 2 rings (SSSR count). The third-order valence-corrected chi connectivity index (χ3v) is 5.20. The summed E-state index contributed by atoms with van der Waals surface area (Å²) >= 11 is 0. The van der Waals surface area contributed by atoms with E-state index in [1.54, 1.807) is 7.11 Å². The van der Waals surface area contributed by atoms with Crippen LogP contribution in [0.25, 0.3) is 0 Å². The monoisotopic (exact) mass is 488 g/mol. The average molecular weight is 488 g/mol. The molecule has 0 aromatic heterocycles. The highest BCUT2D eigenvalue weighted by atomic mass is 127. The molecule has 1 unspecified atom stereocenters. The van der Waals surface area contributed by atoms with E-state index in [1.165, 1.54) is 24.0 Å². The maximum absolute atomic E-state index is 5.14. The van der Waals surface area contributed by atoms with Gasteiger partial charge in [-0.3, -0.25) is 4.99 Å². The largest absolute Gasteiger partial charge is 0.385 e. The summed E-state index contributed by atoms with van der Waals surface area (Å²) in [5.74, 6) is 1.37. The zero-order valence-electron chi connectivity index (χ0n) is 17.3. The fourth-order valence-corrected chi connectivity index (χ4v) is 3.38. The van der Waals surface area contributed by atoms with Gasteiger partial charge in [-0.2, -0.15) is 0 Å². The number of hydrogen-bond donors (Lipinski definition) is 2. The first kappa shape index (κ1) is 24.2. The second-order valence-electron chi connectivity index (χ2n) is 7.37. The molecule has 0 spiro atoms. The molecule has 1 aliphatic heterocycles. The molecule has 2 N–H and O–H groups in total. The van der Waals surface area contributed by atoms with Crippen molar-refractivity contribution in [2.24, 2.45) is 4.99 Å². The molecule has 1 saturated heterocycles. The number of methoxy groups -OCH3 is 1. The van der Waals surface area contributed by atoms with Gasteiger partial charge in [0, 0.05) is 53.0 Å². The van der Waals surface area contributed by atoms with E-state index in [1.807, 2.05) is 7.05 Å². The van der Waals surface area contributed by atoms with E-state index in [9.17, 15) is 0 Å². The van der Waals surface area contributed by atoms with Crippen molar-refractivity contribution in [3.8, 4) is 0 Å². The van der Waals surface area contributed by atoms with Crippen LogP contribution in [-0.4, -0.2) is 63.8 Å². The van der Waals surface area contributed by atoms with Crippen LogP contribution in [0.1, 0.15) is 43.2 Å². The third-order valence-electron chi connectivity index (χ3n) is 5.20. The maximum atomic E-state index is 5.14. The number of nitrogens with zero attached hydrogens (tertiary/aromatic N) is 2. The van der Waals surface area contributed by atoms with Crippen molar-refractivity contribution >= 4 is 29.9 Å². The van der Waals surface area contributed by atoms with Gasteiger partial charge in [0.2, 0.25) is 0 Å². The molecular weight excluding hydrogens is 451 g/mol. The van der Waals surface area contributed by atoms with Crippen LogP contribution in [0.4, 0.5) is 0 Å². The zero-order valence-corrected chi connectivity index (χ0v) is 19.7. The highest BCUT2D eigenvalue weighted by Gasteiger charge is 2.19. The summed E-state index contributed by atoms with van der Waals surface area (Å²) in [5, 5.41) is 7.09. The third kappa shape index (κ3) is 8.79. The van der Waals surface area contributed by atoms with E-state index in [4.69, 9.17) is 4.74 Å². The number of rotatable bonds is 8. The van der Waals surface area contributed by atoms with Crippen molar-refractivity contribution in [1.82, 2.24) is 15.5 Å². The molecule has 5 nitrogen and oxygen atoms in total. The number of benzene rings is 1. The number of likely N-dealkylation sites (tertiary alicyclic amines) is 1. The van der Waals surface area contributed by atoms with Crippen molar-refractivity contribution in [1.29, 1.82) is 0 Å². The Morgan fingerprint density at radius 1 is 1.26 bits per heavy atom. The fraction of sp³-hybridized carbons (Fsp3) is 0.667. The molecule has 1 aromatic carbocycles. The summed E-state index contributed by atoms with van der Waals surface area (Å²) in [6.07, 6.45) is 3.46. The minimum atomic E-state index is 0. The highest BCUT2D eigenvalue weighted by molar-refractivity contribution is 14.0. The van der Waals surface area contributed by atoms with Crippen LogP contribution in [-0.2, 0) is 4.74 Å². The summed E-state index contributed by atoms with van der Waals surface area (Å²) in [5.41, 5.74) is 2.67. The lowest BCUT2D eigenvalue weighted by molar-refractivity contribution is 0.155. The number of hydrogen-bond acceptors (Lipinski definition) is 3. The average Bonchev–Trinajstić information content (AvgIpc) is 2.67. The Balaban J connectivity index is 0.00000364. The molecule has 0 bridgehead atoms. The van der Waals surface area contributed by atoms with E-state index in [2.05, 4.69) is 58.6 Å². The Bertz CT molecular complexity index is 542. The minimum Gasteiger partial charge on any atom is -0.385 e. The van der Waals surface area contributed by atoms with Gasteiger partial charge in [0.05, 0.1) is 0 Å². The first-order valence-corrected chi connectivity index (χ1v) is 9.87. The number of halogens is 1. The van der Waals surface area contributed by atoms with Gasteiger partial charge in [0.15, 0.2) is 5.96 Å². The van der Waals surface area contributed by atoms with Gasteiger partial charge in [0.1, 0.15) is 0 Å². The Kier molecular flexibility index (Phi) is 11.9. The molecule has 0 saturated carbocycles. The first-order chi connectivity index (χ1) is 12.6. The second kappa shape index (κ2) is 13.3. The van der Waals surface area contributed by atoms with Crippen LogP contribution in [0.3, 0.4) is 0 Å². The zero-order chi connectivity index (χ0) is 18.8. The standard InChI is InChI=1S/C21H36N4O.HI/c1-17-6-8-19(9-7-17)18(2)16-23-21(22-3)24-20-10-13-25(14-11-20)12-5-15-26-4;/h6-9,18,20H,5,10-16H2,1-4H3,(H2,22,23,24);1H. The molecule has 6 heteroatoms. The molecule has 0 amide bonds. The summed E-state index contributed by atoms with van der Waals surface area (Å²) in [6, 6.07) is 9.31. The first-order valence-electron chi connectivity index (χ1n) is 9.87. The highest BCUT2D eigenvalue weighted by Crippen LogP contribution is 2.15. The predicted molar refractivity (Wildman–Crippen MR) is 125 cm³/mol. The van der Waals surface area contributed by atoms with Gasteiger partial charge < -0.3 is 20.3 Å². The van der Waals surface area contributed by atoms with E-state index in [0.717, 1.165) is 45.2 Å². The number of ether oxygens (including phenoxy) is 1. The predicted octanol–water partition coefficient (Wildman–Crippen LogP) is 3.38. The summed E-state index contributed by atoms with van der Waals surface area (Å²) in [7, 11) is 3.63. The quantitative estimate of drug-likeness (QED) is 0.255. The molecule has 0 radical (unpaired) electrons.